The molecular weight excluding hydrogens is 406 g/mol. The van der Waals surface area contributed by atoms with E-state index < -0.39 is 0 Å². The predicted molar refractivity (Wildman–Crippen MR) is 90.5 cm³/mol. The van der Waals surface area contributed by atoms with Crippen LogP contribution >= 0.6 is 48.8 Å². The van der Waals surface area contributed by atoms with Crippen LogP contribution in [0.1, 0.15) is 13.8 Å². The van der Waals surface area contributed by atoms with Gasteiger partial charge in [-0.25, -0.2) is 0 Å². The molecule has 0 radical (unpaired) electrons. The minimum absolute atomic E-state index is 0.629. The van der Waals surface area contributed by atoms with E-state index in [9.17, 15) is 0 Å². The van der Waals surface area contributed by atoms with Crippen LogP contribution in [0, 0.1) is 0 Å². The van der Waals surface area contributed by atoms with E-state index in [4.69, 9.17) is 0 Å². The molecule has 1 heterocycles. The summed E-state index contributed by atoms with van der Waals surface area (Å²) in [6.07, 6.45) is 0. The van der Waals surface area contributed by atoms with E-state index in [-0.39, 0.29) is 0 Å². The SMILES string of the molecule is CC(S)[Se]CC1CSC(C[Se]C(C)S)CS1. The molecule has 0 N–H and O–H groups in total. The van der Waals surface area contributed by atoms with E-state index >= 15 is 0 Å². The molecule has 0 bridgehead atoms. The number of hydrogen-bond acceptors (Lipinski definition) is 4. The van der Waals surface area contributed by atoms with Crippen molar-refractivity contribution in [2.45, 2.75) is 43.3 Å². The number of hydrogen-bond donors (Lipinski definition) is 2. The Kier molecular flexibility index (Phi) is 9.65. The zero-order chi connectivity index (χ0) is 12.0. The average molecular weight is 426 g/mol. The normalized spacial score (nSPS) is 30.0. The molecule has 0 spiro atoms. The molecule has 0 aromatic heterocycles. The van der Waals surface area contributed by atoms with E-state index in [2.05, 4.69) is 62.6 Å². The summed E-state index contributed by atoms with van der Waals surface area (Å²) in [6.45, 7) is 4.45. The molecule has 1 aliphatic heterocycles. The van der Waals surface area contributed by atoms with Crippen LogP contribution in [-0.4, -0.2) is 60.2 Å². The third-order valence-electron chi connectivity index (χ3n) is 2.08. The summed E-state index contributed by atoms with van der Waals surface area (Å²) in [5.74, 6) is 2.74. The fourth-order valence-corrected chi connectivity index (χ4v) is 10.1. The van der Waals surface area contributed by atoms with E-state index in [1.54, 1.807) is 0 Å². The van der Waals surface area contributed by atoms with Crippen molar-refractivity contribution in [3.8, 4) is 0 Å². The Hall–Kier alpha value is 2.44. The molecular formula is C10H20S4Se2. The van der Waals surface area contributed by atoms with Crippen LogP contribution < -0.4 is 0 Å². The second-order valence-corrected chi connectivity index (χ2v) is 15.3. The molecule has 16 heavy (non-hydrogen) atoms. The van der Waals surface area contributed by atoms with Gasteiger partial charge >= 0.3 is 133 Å². The Morgan fingerprint density at radius 1 is 1.00 bits per heavy atom. The fourth-order valence-electron chi connectivity index (χ4n) is 1.27. The maximum absolute atomic E-state index is 4.48. The van der Waals surface area contributed by atoms with E-state index in [1.807, 2.05) is 0 Å². The summed E-state index contributed by atoms with van der Waals surface area (Å²) in [7, 11) is 0. The predicted octanol–water partition coefficient (Wildman–Crippen LogP) is 3.00. The van der Waals surface area contributed by atoms with Gasteiger partial charge in [0.1, 0.15) is 0 Å². The van der Waals surface area contributed by atoms with Gasteiger partial charge in [0, 0.05) is 0 Å². The van der Waals surface area contributed by atoms with E-state index in [1.165, 1.54) is 22.1 Å². The number of thiol groups is 2. The number of rotatable bonds is 6. The molecule has 0 saturated carbocycles. The van der Waals surface area contributed by atoms with Crippen LogP contribution in [0.5, 0.6) is 0 Å². The van der Waals surface area contributed by atoms with Crippen LogP contribution in [0.2, 0.25) is 10.6 Å². The molecule has 0 aromatic carbocycles. The van der Waals surface area contributed by atoms with Gasteiger partial charge in [-0.05, 0) is 0 Å². The molecule has 1 rings (SSSR count). The van der Waals surface area contributed by atoms with Crippen LogP contribution in [0.3, 0.4) is 0 Å². The van der Waals surface area contributed by atoms with Crippen molar-refractivity contribution >= 4 is 78.7 Å². The average Bonchev–Trinajstić information content (AvgIpc) is 2.25. The Bertz CT molecular complexity index is 162. The van der Waals surface area contributed by atoms with Crippen molar-refractivity contribution in [1.29, 1.82) is 0 Å². The van der Waals surface area contributed by atoms with Crippen LogP contribution in [-0.2, 0) is 0 Å². The Morgan fingerprint density at radius 3 is 1.62 bits per heavy atom. The van der Waals surface area contributed by atoms with Gasteiger partial charge in [0.25, 0.3) is 0 Å². The summed E-state index contributed by atoms with van der Waals surface area (Å²) in [5, 5.41) is 4.65. The topological polar surface area (TPSA) is 0 Å². The minimum atomic E-state index is 0.629. The van der Waals surface area contributed by atoms with Crippen molar-refractivity contribution in [2.75, 3.05) is 11.5 Å². The first kappa shape index (κ1) is 16.5. The molecule has 1 fully saturated rings. The summed E-state index contributed by atoms with van der Waals surface area (Å²) in [5.41, 5.74) is 0. The molecule has 4 unspecified atom stereocenters. The quantitative estimate of drug-likeness (QED) is 0.495. The van der Waals surface area contributed by atoms with Crippen molar-refractivity contribution < 1.29 is 0 Å². The van der Waals surface area contributed by atoms with Gasteiger partial charge in [0.05, 0.1) is 0 Å². The van der Waals surface area contributed by atoms with Crippen LogP contribution in [0.15, 0.2) is 0 Å². The Labute approximate surface area is 132 Å². The molecule has 4 atom stereocenters. The summed E-state index contributed by atoms with van der Waals surface area (Å²) < 4.78 is 1.26. The van der Waals surface area contributed by atoms with Crippen molar-refractivity contribution in [3.05, 3.63) is 0 Å². The van der Waals surface area contributed by atoms with Gasteiger partial charge in [0.2, 0.25) is 0 Å². The molecule has 0 amide bonds. The first-order chi connectivity index (χ1) is 7.58. The van der Waals surface area contributed by atoms with Crippen LogP contribution in [0.4, 0.5) is 0 Å². The summed E-state index contributed by atoms with van der Waals surface area (Å²) in [6, 6.07) is 0. The maximum atomic E-state index is 4.48. The molecule has 1 saturated heterocycles. The summed E-state index contributed by atoms with van der Waals surface area (Å²) in [4.78, 5) is 0. The molecule has 0 aliphatic carbocycles. The Balaban J connectivity index is 2.09. The second kappa shape index (κ2) is 9.36. The molecule has 6 heteroatoms. The van der Waals surface area contributed by atoms with Gasteiger partial charge in [-0.2, -0.15) is 0 Å². The zero-order valence-electron chi connectivity index (χ0n) is 9.67. The van der Waals surface area contributed by atoms with Gasteiger partial charge in [-0.1, -0.05) is 0 Å². The summed E-state index contributed by atoms with van der Waals surface area (Å²) >= 11 is 14.8. The first-order valence-electron chi connectivity index (χ1n) is 5.40. The van der Waals surface area contributed by atoms with Gasteiger partial charge in [-0.3, -0.25) is 0 Å². The van der Waals surface area contributed by atoms with Crippen LogP contribution in [0.25, 0.3) is 0 Å². The first-order valence-corrected chi connectivity index (χ1v) is 12.9. The van der Waals surface area contributed by atoms with E-state index in [0.717, 1.165) is 40.4 Å². The number of thioether (sulfide) groups is 2. The third-order valence-corrected chi connectivity index (χ3v) is 12.3. The molecule has 0 aromatic rings. The van der Waals surface area contributed by atoms with Crippen molar-refractivity contribution in [1.82, 2.24) is 0 Å². The molecule has 1 aliphatic rings. The molecule has 96 valence electrons. The van der Waals surface area contributed by atoms with Gasteiger partial charge in [0.15, 0.2) is 0 Å². The third kappa shape index (κ3) is 7.78. The van der Waals surface area contributed by atoms with Crippen molar-refractivity contribution in [3.63, 3.8) is 0 Å². The fraction of sp³-hybridized carbons (Fsp3) is 1.00. The van der Waals surface area contributed by atoms with Crippen molar-refractivity contribution in [2.24, 2.45) is 0 Å². The zero-order valence-corrected chi connectivity index (χ0v) is 16.5. The standard InChI is InChI=1S/C10H20S4Se2/c1-7(11)15-5-9-3-14-10(4-13-9)6-16-8(2)12/h7-12H,3-6H2,1-2H3. The van der Waals surface area contributed by atoms with E-state index in [0.29, 0.717) is 8.30 Å². The Morgan fingerprint density at radius 2 is 1.38 bits per heavy atom. The second-order valence-electron chi connectivity index (χ2n) is 3.78. The molecule has 0 nitrogen and oxygen atoms in total. The van der Waals surface area contributed by atoms with Gasteiger partial charge < -0.3 is 0 Å². The monoisotopic (exact) mass is 428 g/mol. The van der Waals surface area contributed by atoms with Gasteiger partial charge in [-0.15, -0.1) is 0 Å².